The second kappa shape index (κ2) is 4.58. The van der Waals surface area contributed by atoms with Gasteiger partial charge in [0.15, 0.2) is 0 Å². The van der Waals surface area contributed by atoms with Gasteiger partial charge in [-0.25, -0.2) is 4.98 Å². The minimum absolute atomic E-state index is 0.591. The maximum atomic E-state index is 5.84. The van der Waals surface area contributed by atoms with Crippen LogP contribution in [-0.4, -0.2) is 19.6 Å². The highest BCUT2D eigenvalue weighted by Crippen LogP contribution is 2.12. The van der Waals surface area contributed by atoms with Gasteiger partial charge in [-0.15, -0.1) is 0 Å². The van der Waals surface area contributed by atoms with E-state index in [0.717, 1.165) is 16.3 Å². The Kier molecular flexibility index (Phi) is 2.78. The summed E-state index contributed by atoms with van der Waals surface area (Å²) in [5.74, 6) is 0.591. The summed E-state index contributed by atoms with van der Waals surface area (Å²) < 4.78 is 1.69. The Morgan fingerprint density at radius 2 is 1.83 bits per heavy atom. The Hall–Kier alpha value is -2.20. The van der Waals surface area contributed by atoms with Gasteiger partial charge in [0.25, 0.3) is 5.78 Å². The zero-order chi connectivity index (χ0) is 12.4. The summed E-state index contributed by atoms with van der Waals surface area (Å²) in [4.78, 5) is 8.14. The molecule has 0 bridgehead atoms. The average Bonchev–Trinajstić information content (AvgIpc) is 2.87. The molecule has 1 aromatic carbocycles. The van der Waals surface area contributed by atoms with Gasteiger partial charge in [0.2, 0.25) is 0 Å². The smallest absolute Gasteiger partial charge is 0.220 e. The van der Waals surface area contributed by atoms with E-state index >= 15 is 0 Å². The lowest BCUT2D eigenvalue weighted by Crippen LogP contribution is -1.94. The molecular formula is C13H9ClN4. The lowest BCUT2D eigenvalue weighted by Gasteiger charge is -1.97. The van der Waals surface area contributed by atoms with Crippen molar-refractivity contribution in [3.05, 3.63) is 59.1 Å². The van der Waals surface area contributed by atoms with Crippen molar-refractivity contribution in [3.63, 3.8) is 0 Å². The molecule has 0 unspecified atom stereocenters. The van der Waals surface area contributed by atoms with Gasteiger partial charge in [-0.05, 0) is 29.8 Å². The van der Waals surface area contributed by atoms with Crippen molar-refractivity contribution < 1.29 is 0 Å². The quantitative estimate of drug-likeness (QED) is 0.708. The van der Waals surface area contributed by atoms with Crippen LogP contribution in [-0.2, 0) is 0 Å². The molecule has 2 heterocycles. The maximum absolute atomic E-state index is 5.84. The number of benzene rings is 1. The Bertz CT molecular complexity index is 700. The number of hydrogen-bond donors (Lipinski definition) is 0. The fourth-order valence-corrected chi connectivity index (χ4v) is 1.76. The largest absolute Gasteiger partial charge is 0.252 e. The normalized spacial score (nSPS) is 11.4. The molecule has 0 saturated heterocycles. The Morgan fingerprint density at radius 3 is 2.67 bits per heavy atom. The molecule has 0 N–H and O–H groups in total. The van der Waals surface area contributed by atoms with Crippen LogP contribution in [0, 0.1) is 0 Å². The fourth-order valence-electron chi connectivity index (χ4n) is 1.64. The minimum Gasteiger partial charge on any atom is -0.220 e. The summed E-state index contributed by atoms with van der Waals surface area (Å²) in [5, 5.41) is 4.85. The van der Waals surface area contributed by atoms with Crippen LogP contribution < -0.4 is 0 Å². The molecule has 88 valence electrons. The zero-order valence-electron chi connectivity index (χ0n) is 9.36. The van der Waals surface area contributed by atoms with Gasteiger partial charge in [-0.1, -0.05) is 29.8 Å². The summed E-state index contributed by atoms with van der Waals surface area (Å²) in [5.41, 5.74) is 2.00. The molecule has 5 heteroatoms. The van der Waals surface area contributed by atoms with E-state index in [9.17, 15) is 0 Å². The van der Waals surface area contributed by atoms with Crippen LogP contribution in [0.15, 0.2) is 42.9 Å². The first-order chi connectivity index (χ1) is 8.83. The Morgan fingerprint density at radius 1 is 1.00 bits per heavy atom. The van der Waals surface area contributed by atoms with Gasteiger partial charge in [0.1, 0.15) is 6.33 Å². The summed E-state index contributed by atoms with van der Waals surface area (Å²) in [7, 11) is 0. The number of halogens is 1. The molecule has 2 aromatic heterocycles. The van der Waals surface area contributed by atoms with Crippen molar-refractivity contribution >= 4 is 29.5 Å². The van der Waals surface area contributed by atoms with Crippen molar-refractivity contribution in [2.45, 2.75) is 0 Å². The Labute approximate surface area is 109 Å². The molecule has 0 aliphatic heterocycles. The van der Waals surface area contributed by atoms with Crippen molar-refractivity contribution in [1.29, 1.82) is 0 Å². The standard InChI is InChI=1S/C13H9ClN4/c14-11-4-1-10(2-5-11)3-6-12-7-8-15-13-16-9-17-18(12)13/h1-9H. The molecule has 18 heavy (non-hydrogen) atoms. The number of aromatic nitrogens is 4. The van der Waals surface area contributed by atoms with Crippen LogP contribution in [0.4, 0.5) is 0 Å². The summed E-state index contributed by atoms with van der Waals surface area (Å²) >= 11 is 5.84. The highest BCUT2D eigenvalue weighted by Gasteiger charge is 1.99. The van der Waals surface area contributed by atoms with Crippen LogP contribution in [0.1, 0.15) is 11.3 Å². The number of fused-ring (bicyclic) bond motifs is 1. The third-order valence-corrected chi connectivity index (χ3v) is 2.78. The zero-order valence-corrected chi connectivity index (χ0v) is 10.1. The Balaban J connectivity index is 1.96. The van der Waals surface area contributed by atoms with E-state index in [0.29, 0.717) is 5.78 Å². The number of rotatable bonds is 2. The molecule has 3 rings (SSSR count). The van der Waals surface area contributed by atoms with E-state index < -0.39 is 0 Å². The fraction of sp³-hybridized carbons (Fsp3) is 0. The van der Waals surface area contributed by atoms with Gasteiger partial charge >= 0.3 is 0 Å². The first-order valence-corrected chi connectivity index (χ1v) is 5.79. The molecule has 0 amide bonds. The van der Waals surface area contributed by atoms with Crippen molar-refractivity contribution in [2.24, 2.45) is 0 Å². The molecule has 0 saturated carbocycles. The van der Waals surface area contributed by atoms with Gasteiger partial charge in [0, 0.05) is 11.2 Å². The summed E-state index contributed by atoms with van der Waals surface area (Å²) in [6, 6.07) is 9.52. The monoisotopic (exact) mass is 256 g/mol. The van der Waals surface area contributed by atoms with E-state index in [1.54, 1.807) is 10.7 Å². The summed E-state index contributed by atoms with van der Waals surface area (Å²) in [6.45, 7) is 0. The molecule has 0 radical (unpaired) electrons. The SMILES string of the molecule is Clc1ccc(C=Cc2ccnc3ncnn23)cc1. The van der Waals surface area contributed by atoms with Crippen molar-refractivity contribution in [2.75, 3.05) is 0 Å². The van der Waals surface area contributed by atoms with Gasteiger partial charge < -0.3 is 0 Å². The second-order valence-electron chi connectivity index (χ2n) is 3.73. The summed E-state index contributed by atoms with van der Waals surface area (Å²) in [6.07, 6.45) is 7.16. The predicted octanol–water partition coefficient (Wildman–Crippen LogP) is 2.95. The molecule has 4 nitrogen and oxygen atoms in total. The maximum Gasteiger partial charge on any atom is 0.252 e. The van der Waals surface area contributed by atoms with E-state index in [1.165, 1.54) is 6.33 Å². The van der Waals surface area contributed by atoms with Crippen LogP contribution >= 0.6 is 11.6 Å². The molecule has 3 aromatic rings. The lowest BCUT2D eigenvalue weighted by atomic mass is 10.2. The van der Waals surface area contributed by atoms with Crippen LogP contribution in [0.2, 0.25) is 5.02 Å². The van der Waals surface area contributed by atoms with Gasteiger partial charge in [0.05, 0.1) is 5.69 Å². The number of hydrogen-bond acceptors (Lipinski definition) is 3. The van der Waals surface area contributed by atoms with E-state index in [2.05, 4.69) is 15.1 Å². The average molecular weight is 257 g/mol. The number of nitrogens with zero attached hydrogens (tertiary/aromatic N) is 4. The molecule has 0 atom stereocenters. The predicted molar refractivity (Wildman–Crippen MR) is 71.2 cm³/mol. The van der Waals surface area contributed by atoms with Crippen molar-refractivity contribution in [1.82, 2.24) is 19.6 Å². The molecular weight excluding hydrogens is 248 g/mol. The molecule has 0 aliphatic carbocycles. The van der Waals surface area contributed by atoms with Crippen LogP contribution in [0.25, 0.3) is 17.9 Å². The van der Waals surface area contributed by atoms with Crippen molar-refractivity contribution in [3.8, 4) is 0 Å². The van der Waals surface area contributed by atoms with Gasteiger partial charge in [-0.2, -0.15) is 14.6 Å². The van der Waals surface area contributed by atoms with Crippen LogP contribution in [0.5, 0.6) is 0 Å². The first-order valence-electron chi connectivity index (χ1n) is 5.41. The lowest BCUT2D eigenvalue weighted by molar-refractivity contribution is 0.927. The minimum atomic E-state index is 0.591. The third kappa shape index (κ3) is 2.10. The topological polar surface area (TPSA) is 43.1 Å². The first kappa shape index (κ1) is 10.9. The van der Waals surface area contributed by atoms with Crippen LogP contribution in [0.3, 0.4) is 0 Å². The third-order valence-electron chi connectivity index (χ3n) is 2.53. The second-order valence-corrected chi connectivity index (χ2v) is 4.16. The van der Waals surface area contributed by atoms with Gasteiger partial charge in [-0.3, -0.25) is 0 Å². The highest BCUT2D eigenvalue weighted by atomic mass is 35.5. The van der Waals surface area contributed by atoms with E-state index in [4.69, 9.17) is 11.6 Å². The molecule has 0 aliphatic rings. The van der Waals surface area contributed by atoms with E-state index in [1.807, 2.05) is 42.5 Å². The highest BCUT2D eigenvalue weighted by molar-refractivity contribution is 6.30. The van der Waals surface area contributed by atoms with E-state index in [-0.39, 0.29) is 0 Å². The molecule has 0 spiro atoms. The molecule has 0 fully saturated rings.